The smallest absolute Gasteiger partial charge is 0.163 e. The number of hydrogen-bond acceptors (Lipinski definition) is 6. The average Bonchev–Trinajstić information content (AvgIpc) is 3.17. The van der Waals surface area contributed by atoms with Crippen LogP contribution in [0, 0.1) is 6.92 Å². The molecule has 0 aliphatic carbocycles. The third-order valence-electron chi connectivity index (χ3n) is 4.16. The lowest BCUT2D eigenvalue weighted by Crippen LogP contribution is -2.25. The van der Waals surface area contributed by atoms with Gasteiger partial charge in [-0.1, -0.05) is 0 Å². The van der Waals surface area contributed by atoms with Crippen LogP contribution in [-0.4, -0.2) is 43.9 Å². The van der Waals surface area contributed by atoms with Crippen molar-refractivity contribution in [1.29, 1.82) is 0 Å². The van der Waals surface area contributed by atoms with Crippen LogP contribution >= 0.6 is 15.9 Å². The number of fused-ring (bicyclic) bond motifs is 1. The minimum absolute atomic E-state index is 0.116. The lowest BCUT2D eigenvalue weighted by Gasteiger charge is -2.19. The van der Waals surface area contributed by atoms with E-state index >= 15 is 0 Å². The summed E-state index contributed by atoms with van der Waals surface area (Å²) in [5.74, 6) is 2.51. The van der Waals surface area contributed by atoms with Crippen LogP contribution in [-0.2, 0) is 7.05 Å². The number of rotatable bonds is 3. The van der Waals surface area contributed by atoms with Gasteiger partial charge in [0.15, 0.2) is 5.65 Å². The maximum absolute atomic E-state index is 6.11. The predicted octanol–water partition coefficient (Wildman–Crippen LogP) is 2.49. The fourth-order valence-corrected chi connectivity index (χ4v) is 3.35. The van der Waals surface area contributed by atoms with Gasteiger partial charge in [0.25, 0.3) is 0 Å². The monoisotopic (exact) mass is 388 g/mol. The zero-order valence-electron chi connectivity index (χ0n) is 13.5. The van der Waals surface area contributed by atoms with Crippen LogP contribution in [0.15, 0.2) is 29.1 Å². The van der Waals surface area contributed by atoms with Crippen molar-refractivity contribution in [1.82, 2.24) is 24.7 Å². The molecule has 4 heterocycles. The molecule has 7 nitrogen and oxygen atoms in total. The van der Waals surface area contributed by atoms with Crippen molar-refractivity contribution in [2.24, 2.45) is 7.05 Å². The molecule has 1 saturated heterocycles. The molecule has 124 valence electrons. The van der Waals surface area contributed by atoms with Crippen LogP contribution in [0.5, 0.6) is 5.75 Å². The normalized spacial score (nSPS) is 17.6. The molecule has 1 fully saturated rings. The highest BCUT2D eigenvalue weighted by molar-refractivity contribution is 9.10. The lowest BCUT2D eigenvalue weighted by molar-refractivity contribution is 0.223. The van der Waals surface area contributed by atoms with E-state index in [2.05, 4.69) is 40.9 Å². The summed E-state index contributed by atoms with van der Waals surface area (Å²) in [5, 5.41) is 5.29. The number of pyridine rings is 1. The summed E-state index contributed by atoms with van der Waals surface area (Å²) in [6.45, 7) is 3.59. The van der Waals surface area contributed by atoms with E-state index in [0.717, 1.165) is 52.4 Å². The molecule has 1 aliphatic heterocycles. The Balaban J connectivity index is 1.58. The first-order chi connectivity index (χ1) is 11.6. The van der Waals surface area contributed by atoms with Crippen LogP contribution in [0.2, 0.25) is 0 Å². The van der Waals surface area contributed by atoms with Crippen LogP contribution in [0.4, 0.5) is 5.82 Å². The van der Waals surface area contributed by atoms with Crippen molar-refractivity contribution in [2.75, 3.05) is 18.0 Å². The molecule has 0 saturated carbocycles. The quantitative estimate of drug-likeness (QED) is 0.686. The first kappa shape index (κ1) is 15.3. The Kier molecular flexibility index (Phi) is 3.84. The number of anilines is 1. The second-order valence-electron chi connectivity index (χ2n) is 5.88. The Hall–Kier alpha value is -2.22. The summed E-state index contributed by atoms with van der Waals surface area (Å²) in [6.07, 6.45) is 6.37. The van der Waals surface area contributed by atoms with Gasteiger partial charge in [0.1, 0.15) is 23.5 Å². The van der Waals surface area contributed by atoms with E-state index in [1.807, 2.05) is 26.2 Å². The second-order valence-corrected chi connectivity index (χ2v) is 6.73. The van der Waals surface area contributed by atoms with Crippen molar-refractivity contribution in [3.8, 4) is 5.75 Å². The summed E-state index contributed by atoms with van der Waals surface area (Å²) in [6, 6.07) is 1.88. The molecule has 0 spiro atoms. The highest BCUT2D eigenvalue weighted by Crippen LogP contribution is 2.30. The molecule has 4 rings (SSSR count). The SMILES string of the molecule is Cc1nc(N2CCC(Oc3ccncc3Br)C2)c2cnn(C)c2n1. The van der Waals surface area contributed by atoms with E-state index in [-0.39, 0.29) is 6.10 Å². The molecule has 0 amide bonds. The summed E-state index contributed by atoms with van der Waals surface area (Å²) in [5.41, 5.74) is 0.860. The number of aryl methyl sites for hydroxylation is 2. The lowest BCUT2D eigenvalue weighted by atomic mass is 10.3. The van der Waals surface area contributed by atoms with Gasteiger partial charge in [-0.3, -0.25) is 9.67 Å². The van der Waals surface area contributed by atoms with Crippen LogP contribution < -0.4 is 9.64 Å². The Morgan fingerprint density at radius 3 is 3.00 bits per heavy atom. The van der Waals surface area contributed by atoms with Gasteiger partial charge in [-0.05, 0) is 28.9 Å². The molecule has 3 aromatic heterocycles. The molecule has 0 aromatic carbocycles. The van der Waals surface area contributed by atoms with Gasteiger partial charge in [-0.2, -0.15) is 5.10 Å². The Morgan fingerprint density at radius 1 is 1.29 bits per heavy atom. The zero-order valence-corrected chi connectivity index (χ0v) is 15.1. The molecule has 1 aliphatic rings. The van der Waals surface area contributed by atoms with Crippen molar-refractivity contribution < 1.29 is 4.74 Å². The maximum atomic E-state index is 6.11. The number of halogens is 1. The van der Waals surface area contributed by atoms with E-state index in [1.54, 1.807) is 17.1 Å². The highest BCUT2D eigenvalue weighted by atomic mass is 79.9. The number of ether oxygens (including phenoxy) is 1. The molecule has 24 heavy (non-hydrogen) atoms. The zero-order chi connectivity index (χ0) is 16.7. The predicted molar refractivity (Wildman–Crippen MR) is 94.2 cm³/mol. The van der Waals surface area contributed by atoms with E-state index in [0.29, 0.717) is 0 Å². The van der Waals surface area contributed by atoms with Crippen LogP contribution in [0.1, 0.15) is 12.2 Å². The topological polar surface area (TPSA) is 69.0 Å². The maximum Gasteiger partial charge on any atom is 0.163 e. The fourth-order valence-electron chi connectivity index (χ4n) is 3.01. The number of nitrogens with zero attached hydrogens (tertiary/aromatic N) is 6. The van der Waals surface area contributed by atoms with Crippen molar-refractivity contribution in [2.45, 2.75) is 19.4 Å². The Labute approximate surface area is 147 Å². The Bertz CT molecular complexity index is 895. The Morgan fingerprint density at radius 2 is 2.17 bits per heavy atom. The molecular formula is C16H17BrN6O. The minimum atomic E-state index is 0.116. The first-order valence-electron chi connectivity index (χ1n) is 7.79. The van der Waals surface area contributed by atoms with Crippen molar-refractivity contribution >= 4 is 32.8 Å². The molecule has 1 atom stereocenters. The third kappa shape index (κ3) is 2.71. The van der Waals surface area contributed by atoms with Gasteiger partial charge in [0, 0.05) is 32.4 Å². The van der Waals surface area contributed by atoms with E-state index < -0.39 is 0 Å². The van der Waals surface area contributed by atoms with Gasteiger partial charge in [-0.15, -0.1) is 0 Å². The van der Waals surface area contributed by atoms with E-state index in [9.17, 15) is 0 Å². The van der Waals surface area contributed by atoms with Gasteiger partial charge in [-0.25, -0.2) is 9.97 Å². The van der Waals surface area contributed by atoms with Gasteiger partial charge < -0.3 is 9.64 Å². The molecular weight excluding hydrogens is 372 g/mol. The fraction of sp³-hybridized carbons (Fsp3) is 0.375. The standard InChI is InChI=1S/C16H17BrN6O/c1-10-20-15-12(7-19-22(15)2)16(21-10)23-6-4-11(9-23)24-14-3-5-18-8-13(14)17/h3,5,7-8,11H,4,6,9H2,1-2H3. The molecule has 8 heteroatoms. The van der Waals surface area contributed by atoms with Crippen LogP contribution in [0.3, 0.4) is 0 Å². The first-order valence-corrected chi connectivity index (χ1v) is 8.58. The van der Waals surface area contributed by atoms with E-state index in [4.69, 9.17) is 4.74 Å². The van der Waals surface area contributed by atoms with Gasteiger partial charge in [0.2, 0.25) is 0 Å². The molecule has 0 radical (unpaired) electrons. The summed E-state index contributed by atoms with van der Waals surface area (Å²) in [4.78, 5) is 15.4. The molecule has 0 N–H and O–H groups in total. The van der Waals surface area contributed by atoms with Gasteiger partial charge >= 0.3 is 0 Å². The summed E-state index contributed by atoms with van der Waals surface area (Å²) < 4.78 is 8.77. The number of hydrogen-bond donors (Lipinski definition) is 0. The largest absolute Gasteiger partial charge is 0.487 e. The average molecular weight is 389 g/mol. The minimum Gasteiger partial charge on any atom is -0.487 e. The van der Waals surface area contributed by atoms with Gasteiger partial charge in [0.05, 0.1) is 22.6 Å². The van der Waals surface area contributed by atoms with Crippen molar-refractivity contribution in [3.63, 3.8) is 0 Å². The molecule has 3 aromatic rings. The third-order valence-corrected chi connectivity index (χ3v) is 4.75. The highest BCUT2D eigenvalue weighted by Gasteiger charge is 2.27. The molecule has 0 bridgehead atoms. The molecule has 1 unspecified atom stereocenters. The van der Waals surface area contributed by atoms with Crippen LogP contribution in [0.25, 0.3) is 11.0 Å². The van der Waals surface area contributed by atoms with Crippen molar-refractivity contribution in [3.05, 3.63) is 35.0 Å². The number of aromatic nitrogens is 5. The summed E-state index contributed by atoms with van der Waals surface area (Å²) in [7, 11) is 1.90. The second kappa shape index (κ2) is 6.01. The van der Waals surface area contributed by atoms with E-state index in [1.165, 1.54) is 0 Å². The summed E-state index contributed by atoms with van der Waals surface area (Å²) >= 11 is 3.48.